The number of rotatable bonds is 5. The minimum atomic E-state index is -0.576. The van der Waals surface area contributed by atoms with Crippen LogP contribution in [0.5, 0.6) is 0 Å². The number of aryl methyl sites for hydroxylation is 1. The fourth-order valence-corrected chi connectivity index (χ4v) is 3.75. The maximum absolute atomic E-state index is 14.0. The molecule has 1 saturated heterocycles. The molecule has 32 heavy (non-hydrogen) atoms. The summed E-state index contributed by atoms with van der Waals surface area (Å²) in [6.07, 6.45) is 0. The van der Waals surface area contributed by atoms with Crippen LogP contribution in [-0.2, 0) is 9.53 Å². The summed E-state index contributed by atoms with van der Waals surface area (Å²) in [5, 5.41) is 0. The Bertz CT molecular complexity index is 1110. The first-order valence-electron chi connectivity index (χ1n) is 10.5. The third-order valence-electron chi connectivity index (χ3n) is 5.53. The lowest BCUT2D eigenvalue weighted by molar-refractivity contribution is -0.134. The fourth-order valence-electron chi connectivity index (χ4n) is 3.75. The maximum atomic E-state index is 14.0. The SMILES string of the molecule is Cc1nc(-c2ccccc2)ccc1C(=O)OCC(=O)N1CCN(c2ccccc2F)CC1. The quantitative estimate of drug-likeness (QED) is 0.574. The van der Waals surface area contributed by atoms with Gasteiger partial charge in [0, 0.05) is 31.7 Å². The fraction of sp³-hybridized carbons (Fsp3) is 0.240. The Labute approximate surface area is 186 Å². The summed E-state index contributed by atoms with van der Waals surface area (Å²) in [5.74, 6) is -1.12. The van der Waals surface area contributed by atoms with Crippen molar-refractivity contribution in [3.05, 3.63) is 83.8 Å². The van der Waals surface area contributed by atoms with Crippen LogP contribution in [-0.4, -0.2) is 54.5 Å². The highest BCUT2D eigenvalue weighted by Crippen LogP contribution is 2.21. The topological polar surface area (TPSA) is 62.7 Å². The molecule has 1 aliphatic heterocycles. The average molecular weight is 433 g/mol. The van der Waals surface area contributed by atoms with Crippen molar-refractivity contribution in [2.24, 2.45) is 0 Å². The van der Waals surface area contributed by atoms with Gasteiger partial charge in [-0.2, -0.15) is 0 Å². The number of aromatic nitrogens is 1. The van der Waals surface area contributed by atoms with Crippen molar-refractivity contribution in [2.45, 2.75) is 6.92 Å². The van der Waals surface area contributed by atoms with Gasteiger partial charge >= 0.3 is 5.97 Å². The van der Waals surface area contributed by atoms with Gasteiger partial charge in [0.05, 0.1) is 22.6 Å². The molecular weight excluding hydrogens is 409 g/mol. The Balaban J connectivity index is 1.31. The smallest absolute Gasteiger partial charge is 0.340 e. The van der Waals surface area contributed by atoms with Crippen LogP contribution in [0.1, 0.15) is 16.1 Å². The van der Waals surface area contributed by atoms with Crippen molar-refractivity contribution in [2.75, 3.05) is 37.7 Å². The molecule has 0 spiro atoms. The number of anilines is 1. The number of nitrogens with zero attached hydrogens (tertiary/aromatic N) is 3. The number of pyridine rings is 1. The molecule has 4 rings (SSSR count). The number of piperazine rings is 1. The lowest BCUT2D eigenvalue weighted by Gasteiger charge is -2.36. The van der Waals surface area contributed by atoms with E-state index in [-0.39, 0.29) is 18.3 Å². The van der Waals surface area contributed by atoms with Gasteiger partial charge < -0.3 is 14.5 Å². The van der Waals surface area contributed by atoms with Gasteiger partial charge in [-0.1, -0.05) is 42.5 Å². The summed E-state index contributed by atoms with van der Waals surface area (Å²) < 4.78 is 19.2. The van der Waals surface area contributed by atoms with Crippen LogP contribution in [0, 0.1) is 12.7 Å². The molecule has 0 saturated carbocycles. The zero-order valence-electron chi connectivity index (χ0n) is 17.8. The van der Waals surface area contributed by atoms with Crippen LogP contribution in [0.4, 0.5) is 10.1 Å². The number of amides is 1. The van der Waals surface area contributed by atoms with Crippen LogP contribution in [0.25, 0.3) is 11.3 Å². The van der Waals surface area contributed by atoms with Gasteiger partial charge in [0.2, 0.25) is 0 Å². The Morgan fingerprint density at radius 3 is 2.31 bits per heavy atom. The number of carbonyl (C=O) groups is 2. The molecule has 1 aromatic heterocycles. The standard InChI is InChI=1S/C25H24FN3O3/c1-18-20(11-12-22(27-18)19-7-3-2-4-8-19)25(31)32-17-24(30)29-15-13-28(14-16-29)23-10-6-5-9-21(23)26/h2-12H,13-17H2,1H3. The predicted octanol–water partition coefficient (Wildman–Crippen LogP) is 3.70. The van der Waals surface area contributed by atoms with E-state index in [9.17, 15) is 14.0 Å². The molecule has 6 nitrogen and oxygen atoms in total. The molecule has 1 aliphatic rings. The number of hydrogen-bond acceptors (Lipinski definition) is 5. The second-order valence-corrected chi connectivity index (χ2v) is 7.59. The molecule has 2 aromatic carbocycles. The van der Waals surface area contributed by atoms with Crippen molar-refractivity contribution in [1.82, 2.24) is 9.88 Å². The molecule has 1 amide bonds. The van der Waals surface area contributed by atoms with E-state index in [1.54, 1.807) is 42.2 Å². The number of ether oxygens (including phenoxy) is 1. The molecule has 1 fully saturated rings. The predicted molar refractivity (Wildman–Crippen MR) is 120 cm³/mol. The maximum Gasteiger partial charge on any atom is 0.340 e. The molecule has 0 atom stereocenters. The molecule has 0 aliphatic carbocycles. The molecule has 0 bridgehead atoms. The van der Waals surface area contributed by atoms with E-state index in [1.807, 2.05) is 35.2 Å². The molecule has 0 unspecified atom stereocenters. The number of esters is 1. The van der Waals surface area contributed by atoms with Gasteiger partial charge in [0.1, 0.15) is 5.82 Å². The van der Waals surface area contributed by atoms with E-state index < -0.39 is 5.97 Å². The Morgan fingerprint density at radius 2 is 1.62 bits per heavy atom. The van der Waals surface area contributed by atoms with Crippen molar-refractivity contribution in [1.29, 1.82) is 0 Å². The van der Waals surface area contributed by atoms with Crippen molar-refractivity contribution in [3.8, 4) is 11.3 Å². The molecule has 7 heteroatoms. The first kappa shape index (κ1) is 21.5. The molecule has 0 N–H and O–H groups in total. The first-order chi connectivity index (χ1) is 15.5. The molecule has 2 heterocycles. The number of carbonyl (C=O) groups excluding carboxylic acids is 2. The van der Waals surface area contributed by atoms with Crippen molar-refractivity contribution < 1.29 is 18.7 Å². The lowest BCUT2D eigenvalue weighted by atomic mass is 10.1. The largest absolute Gasteiger partial charge is 0.452 e. The van der Waals surface area contributed by atoms with Crippen LogP contribution in [0.3, 0.4) is 0 Å². The normalized spacial score (nSPS) is 13.7. The molecule has 164 valence electrons. The summed E-state index contributed by atoms with van der Waals surface area (Å²) in [7, 11) is 0. The van der Waals surface area contributed by atoms with E-state index in [2.05, 4.69) is 4.98 Å². The monoisotopic (exact) mass is 433 g/mol. The van der Waals surface area contributed by atoms with E-state index in [1.165, 1.54) is 6.07 Å². The van der Waals surface area contributed by atoms with Crippen LogP contribution < -0.4 is 4.90 Å². The molecular formula is C25H24FN3O3. The van der Waals surface area contributed by atoms with E-state index in [0.29, 0.717) is 43.1 Å². The van der Waals surface area contributed by atoms with Crippen LogP contribution in [0.15, 0.2) is 66.7 Å². The highest BCUT2D eigenvalue weighted by atomic mass is 19.1. The lowest BCUT2D eigenvalue weighted by Crippen LogP contribution is -2.50. The number of para-hydroxylation sites is 1. The van der Waals surface area contributed by atoms with Gasteiger partial charge in [-0.15, -0.1) is 0 Å². The highest BCUT2D eigenvalue weighted by molar-refractivity contribution is 5.92. The third-order valence-corrected chi connectivity index (χ3v) is 5.53. The summed E-state index contributed by atoms with van der Waals surface area (Å²) in [4.78, 5) is 33.0. The Morgan fingerprint density at radius 1 is 0.938 bits per heavy atom. The van der Waals surface area contributed by atoms with Gasteiger partial charge in [0.15, 0.2) is 6.61 Å². The Kier molecular flexibility index (Phi) is 6.44. The average Bonchev–Trinajstić information content (AvgIpc) is 2.83. The molecule has 0 radical (unpaired) electrons. The number of benzene rings is 2. The summed E-state index contributed by atoms with van der Waals surface area (Å²) in [5.41, 5.74) is 3.14. The summed E-state index contributed by atoms with van der Waals surface area (Å²) in [6.45, 7) is 3.33. The summed E-state index contributed by atoms with van der Waals surface area (Å²) >= 11 is 0. The number of hydrogen-bond donors (Lipinski definition) is 0. The Hall–Kier alpha value is -3.74. The first-order valence-corrected chi connectivity index (χ1v) is 10.5. The third kappa shape index (κ3) is 4.77. The van der Waals surface area contributed by atoms with Gasteiger partial charge in [-0.05, 0) is 31.2 Å². The van der Waals surface area contributed by atoms with Crippen LogP contribution >= 0.6 is 0 Å². The zero-order chi connectivity index (χ0) is 22.5. The molecule has 3 aromatic rings. The van der Waals surface area contributed by atoms with E-state index >= 15 is 0 Å². The van der Waals surface area contributed by atoms with Gasteiger partial charge in [-0.3, -0.25) is 9.78 Å². The second-order valence-electron chi connectivity index (χ2n) is 7.59. The minimum absolute atomic E-state index is 0.266. The van der Waals surface area contributed by atoms with E-state index in [4.69, 9.17) is 4.74 Å². The number of halogens is 1. The van der Waals surface area contributed by atoms with Crippen molar-refractivity contribution >= 4 is 17.6 Å². The minimum Gasteiger partial charge on any atom is -0.452 e. The van der Waals surface area contributed by atoms with Gasteiger partial charge in [-0.25, -0.2) is 9.18 Å². The van der Waals surface area contributed by atoms with Crippen LogP contribution in [0.2, 0.25) is 0 Å². The summed E-state index contributed by atoms with van der Waals surface area (Å²) in [6, 6.07) is 19.7. The van der Waals surface area contributed by atoms with Gasteiger partial charge in [0.25, 0.3) is 5.91 Å². The zero-order valence-corrected chi connectivity index (χ0v) is 17.8. The highest BCUT2D eigenvalue weighted by Gasteiger charge is 2.24. The van der Waals surface area contributed by atoms with E-state index in [0.717, 1.165) is 11.3 Å². The van der Waals surface area contributed by atoms with Crippen molar-refractivity contribution in [3.63, 3.8) is 0 Å². The second kappa shape index (κ2) is 9.60.